The third kappa shape index (κ3) is 6.58. The van der Waals surface area contributed by atoms with Crippen LogP contribution < -0.4 is 5.32 Å². The summed E-state index contributed by atoms with van der Waals surface area (Å²) >= 11 is 0. The van der Waals surface area contributed by atoms with E-state index in [-0.39, 0.29) is 0 Å². The van der Waals surface area contributed by atoms with Crippen LogP contribution in [0.15, 0.2) is 35.5 Å². The largest absolute Gasteiger partial charge is 0.444 e. The van der Waals surface area contributed by atoms with Crippen molar-refractivity contribution in [1.29, 1.82) is 0 Å². The smallest absolute Gasteiger partial charge is 0.407 e. The van der Waals surface area contributed by atoms with Crippen molar-refractivity contribution in [2.24, 2.45) is 5.16 Å². The Kier molecular flexibility index (Phi) is 5.77. The molecule has 1 rings (SSSR count). The molecule has 2 N–H and O–H groups in total. The number of benzene rings is 1. The van der Waals surface area contributed by atoms with Gasteiger partial charge in [-0.15, -0.1) is 0 Å². The Bertz CT molecular complexity index is 502. The first-order valence-corrected chi connectivity index (χ1v) is 6.31. The van der Waals surface area contributed by atoms with Crippen LogP contribution in [0.4, 0.5) is 4.79 Å². The molecule has 1 amide bonds. The number of hydrogen-bond acceptors (Lipinski definition) is 4. The van der Waals surface area contributed by atoms with Crippen molar-refractivity contribution in [3.8, 4) is 0 Å². The first-order chi connectivity index (χ1) is 9.40. The summed E-state index contributed by atoms with van der Waals surface area (Å²) in [4.78, 5) is 11.4. The minimum atomic E-state index is -0.494. The van der Waals surface area contributed by atoms with Crippen molar-refractivity contribution >= 4 is 18.4 Å². The van der Waals surface area contributed by atoms with Gasteiger partial charge in [-0.2, -0.15) is 0 Å². The summed E-state index contributed by atoms with van der Waals surface area (Å²) < 4.78 is 5.11. The SMILES string of the molecule is CC(C)(C)OC(=O)NCC=Cc1cccc(C=NO)c1. The molecule has 0 aliphatic rings. The first-order valence-electron chi connectivity index (χ1n) is 6.31. The van der Waals surface area contributed by atoms with E-state index in [4.69, 9.17) is 9.94 Å². The van der Waals surface area contributed by atoms with Crippen LogP contribution in [0.2, 0.25) is 0 Å². The molecule has 0 saturated carbocycles. The standard InChI is InChI=1S/C15H20N2O3/c1-15(2,3)20-14(18)16-9-5-8-12-6-4-7-13(10-12)11-17-19/h4-8,10-11,19H,9H2,1-3H3,(H,16,18). The number of ether oxygens (including phenoxy) is 1. The summed E-state index contributed by atoms with van der Waals surface area (Å²) in [5, 5.41) is 14.1. The Hall–Kier alpha value is -2.30. The lowest BCUT2D eigenvalue weighted by molar-refractivity contribution is 0.0534. The van der Waals surface area contributed by atoms with Crippen LogP contribution in [0.1, 0.15) is 31.9 Å². The molecule has 0 bridgehead atoms. The highest BCUT2D eigenvalue weighted by molar-refractivity contribution is 5.80. The van der Waals surface area contributed by atoms with Gasteiger partial charge in [0.15, 0.2) is 0 Å². The molecule has 20 heavy (non-hydrogen) atoms. The Morgan fingerprint density at radius 3 is 2.75 bits per heavy atom. The number of nitrogens with zero attached hydrogens (tertiary/aromatic N) is 1. The summed E-state index contributed by atoms with van der Waals surface area (Å²) in [5.74, 6) is 0. The van der Waals surface area contributed by atoms with Crippen LogP contribution in [0.5, 0.6) is 0 Å². The first kappa shape index (κ1) is 15.8. The van der Waals surface area contributed by atoms with Gasteiger partial charge < -0.3 is 15.3 Å². The molecule has 1 aromatic rings. The molecule has 0 fully saturated rings. The second-order valence-corrected chi connectivity index (χ2v) is 5.20. The molecular weight excluding hydrogens is 256 g/mol. The molecule has 0 aliphatic carbocycles. The summed E-state index contributed by atoms with van der Waals surface area (Å²) in [7, 11) is 0. The fourth-order valence-corrected chi connectivity index (χ4v) is 1.46. The molecule has 0 radical (unpaired) electrons. The highest BCUT2D eigenvalue weighted by Gasteiger charge is 2.14. The number of oxime groups is 1. The number of nitrogens with one attached hydrogen (secondary N) is 1. The van der Waals surface area contributed by atoms with E-state index in [1.165, 1.54) is 6.21 Å². The van der Waals surface area contributed by atoms with Crippen LogP contribution in [-0.2, 0) is 4.74 Å². The van der Waals surface area contributed by atoms with Gasteiger partial charge in [0.25, 0.3) is 0 Å². The summed E-state index contributed by atoms with van der Waals surface area (Å²) in [6, 6.07) is 7.47. The molecule has 0 saturated heterocycles. The maximum Gasteiger partial charge on any atom is 0.407 e. The molecule has 0 unspecified atom stereocenters. The van der Waals surface area contributed by atoms with Crippen LogP contribution in [0.3, 0.4) is 0 Å². The number of alkyl carbamates (subject to hydrolysis) is 1. The summed E-state index contributed by atoms with van der Waals surface area (Å²) in [6.07, 6.45) is 4.60. The minimum absolute atomic E-state index is 0.382. The van der Waals surface area contributed by atoms with E-state index in [9.17, 15) is 4.79 Å². The maximum atomic E-state index is 11.4. The molecule has 5 nitrogen and oxygen atoms in total. The maximum absolute atomic E-state index is 11.4. The van der Waals surface area contributed by atoms with E-state index >= 15 is 0 Å². The van der Waals surface area contributed by atoms with Gasteiger partial charge in [-0.1, -0.05) is 35.5 Å². The van der Waals surface area contributed by atoms with Gasteiger partial charge in [0.05, 0.1) is 6.21 Å². The second-order valence-electron chi connectivity index (χ2n) is 5.20. The van der Waals surface area contributed by atoms with E-state index in [1.54, 1.807) is 0 Å². The van der Waals surface area contributed by atoms with Crippen LogP contribution in [0.25, 0.3) is 6.08 Å². The average molecular weight is 276 g/mol. The molecule has 1 aromatic carbocycles. The number of rotatable bonds is 4. The van der Waals surface area contributed by atoms with E-state index in [1.807, 2.05) is 57.2 Å². The van der Waals surface area contributed by atoms with Crippen molar-refractivity contribution in [1.82, 2.24) is 5.32 Å². The third-order valence-corrected chi connectivity index (χ3v) is 2.19. The molecule has 0 aliphatic heterocycles. The average Bonchev–Trinajstić information content (AvgIpc) is 2.33. The Morgan fingerprint density at radius 1 is 1.40 bits per heavy atom. The van der Waals surface area contributed by atoms with Gasteiger partial charge in [-0.05, 0) is 38.0 Å². The van der Waals surface area contributed by atoms with E-state index in [0.29, 0.717) is 6.54 Å². The van der Waals surface area contributed by atoms with Crippen molar-refractivity contribution < 1.29 is 14.7 Å². The number of carbonyl (C=O) groups is 1. The monoisotopic (exact) mass is 276 g/mol. The van der Waals surface area contributed by atoms with Crippen molar-refractivity contribution in [3.63, 3.8) is 0 Å². The third-order valence-electron chi connectivity index (χ3n) is 2.19. The Balaban J connectivity index is 2.45. The highest BCUT2D eigenvalue weighted by Crippen LogP contribution is 2.07. The predicted octanol–water partition coefficient (Wildman–Crippen LogP) is 3.03. The zero-order valence-corrected chi connectivity index (χ0v) is 12.0. The van der Waals surface area contributed by atoms with Crippen molar-refractivity contribution in [2.45, 2.75) is 26.4 Å². The molecule has 5 heteroatoms. The quantitative estimate of drug-likeness (QED) is 0.504. The van der Waals surface area contributed by atoms with Gasteiger partial charge in [-0.3, -0.25) is 0 Å². The van der Waals surface area contributed by atoms with Gasteiger partial charge in [0, 0.05) is 6.54 Å². The number of amides is 1. The van der Waals surface area contributed by atoms with Gasteiger partial charge >= 0.3 is 6.09 Å². The van der Waals surface area contributed by atoms with Crippen molar-refractivity contribution in [2.75, 3.05) is 6.54 Å². The molecule has 0 aromatic heterocycles. The molecule has 0 atom stereocenters. The van der Waals surface area contributed by atoms with Crippen LogP contribution in [-0.4, -0.2) is 29.7 Å². The van der Waals surface area contributed by atoms with Crippen LogP contribution >= 0.6 is 0 Å². The topological polar surface area (TPSA) is 70.9 Å². The van der Waals surface area contributed by atoms with E-state index in [2.05, 4.69) is 10.5 Å². The molecular formula is C15H20N2O3. The van der Waals surface area contributed by atoms with Gasteiger partial charge in [0.1, 0.15) is 5.60 Å². The fourth-order valence-electron chi connectivity index (χ4n) is 1.46. The molecule has 0 heterocycles. The summed E-state index contributed by atoms with van der Waals surface area (Å²) in [5.41, 5.74) is 1.26. The normalized spacial score (nSPS) is 11.9. The van der Waals surface area contributed by atoms with E-state index in [0.717, 1.165) is 11.1 Å². The highest BCUT2D eigenvalue weighted by atomic mass is 16.6. The van der Waals surface area contributed by atoms with E-state index < -0.39 is 11.7 Å². The lowest BCUT2D eigenvalue weighted by Gasteiger charge is -2.19. The van der Waals surface area contributed by atoms with Gasteiger partial charge in [-0.25, -0.2) is 4.79 Å². The number of hydrogen-bond donors (Lipinski definition) is 2. The predicted molar refractivity (Wildman–Crippen MR) is 79.1 cm³/mol. The molecule has 108 valence electrons. The lowest BCUT2D eigenvalue weighted by atomic mass is 10.1. The zero-order valence-electron chi connectivity index (χ0n) is 12.0. The Morgan fingerprint density at radius 2 is 2.10 bits per heavy atom. The van der Waals surface area contributed by atoms with Gasteiger partial charge in [0.2, 0.25) is 0 Å². The second kappa shape index (κ2) is 7.33. The minimum Gasteiger partial charge on any atom is -0.444 e. The van der Waals surface area contributed by atoms with Crippen LogP contribution in [0, 0.1) is 0 Å². The van der Waals surface area contributed by atoms with Crippen molar-refractivity contribution in [3.05, 3.63) is 41.5 Å². The fraction of sp³-hybridized carbons (Fsp3) is 0.333. The molecule has 0 spiro atoms. The Labute approximate surface area is 118 Å². The summed E-state index contributed by atoms with van der Waals surface area (Å²) in [6.45, 7) is 5.83. The zero-order chi connectivity index (χ0) is 15.0. The number of carbonyl (C=O) groups excluding carboxylic acids is 1. The lowest BCUT2D eigenvalue weighted by Crippen LogP contribution is -2.32.